The molecule has 1 aromatic heterocycles. The summed E-state index contributed by atoms with van der Waals surface area (Å²) in [6.07, 6.45) is -2.69. The van der Waals surface area contributed by atoms with Crippen molar-refractivity contribution in [3.8, 4) is 11.8 Å². The van der Waals surface area contributed by atoms with Crippen molar-refractivity contribution in [3.05, 3.63) is 33.4 Å². The second-order valence-electron chi connectivity index (χ2n) is 5.07. The van der Waals surface area contributed by atoms with Gasteiger partial charge in [-0.15, -0.1) is 11.8 Å². The van der Waals surface area contributed by atoms with E-state index in [2.05, 4.69) is 5.10 Å². The smallest absolute Gasteiger partial charge is 0.383 e. The Morgan fingerprint density at radius 3 is 2.40 bits per heavy atom. The molecule has 0 saturated heterocycles. The fourth-order valence-electron chi connectivity index (χ4n) is 2.05. The number of hydrogen-bond donors (Lipinski definition) is 1. The molecule has 2 aromatic rings. The molecule has 0 spiro atoms. The van der Waals surface area contributed by atoms with Crippen LogP contribution in [0.2, 0.25) is 10.0 Å². The fraction of sp³-hybridized carbons (Fsp3) is 0.333. The van der Waals surface area contributed by atoms with Crippen molar-refractivity contribution in [2.75, 3.05) is 11.5 Å². The maximum atomic E-state index is 12.8. The van der Waals surface area contributed by atoms with Crippen molar-refractivity contribution in [1.29, 1.82) is 5.26 Å². The molecule has 134 valence electrons. The van der Waals surface area contributed by atoms with Gasteiger partial charge in [0, 0.05) is 0 Å². The predicted molar refractivity (Wildman–Crippen MR) is 93.3 cm³/mol. The average molecular weight is 409 g/mol. The van der Waals surface area contributed by atoms with Crippen LogP contribution in [0, 0.1) is 11.3 Å². The van der Waals surface area contributed by atoms with Crippen LogP contribution in [0.25, 0.3) is 5.69 Å². The third kappa shape index (κ3) is 4.17. The van der Waals surface area contributed by atoms with Gasteiger partial charge in [-0.3, -0.25) is 0 Å². The summed E-state index contributed by atoms with van der Waals surface area (Å²) in [5, 5.41) is 12.8. The number of nitrogen functional groups attached to an aromatic ring is 1. The number of anilines is 1. The van der Waals surface area contributed by atoms with Crippen LogP contribution in [0.5, 0.6) is 0 Å². The van der Waals surface area contributed by atoms with Gasteiger partial charge in [-0.25, -0.2) is 4.68 Å². The lowest BCUT2D eigenvalue weighted by atomic mass is 10.2. The first-order valence-electron chi connectivity index (χ1n) is 7.18. The number of nitriles is 1. The average Bonchev–Trinajstić information content (AvgIpc) is 2.83. The summed E-state index contributed by atoms with van der Waals surface area (Å²) in [5.41, 5.74) is 5.15. The Labute approximate surface area is 156 Å². The summed E-state index contributed by atoms with van der Waals surface area (Å²) >= 11 is 13.3. The number of nitrogens with zero attached hydrogens (tertiary/aromatic N) is 3. The number of hydrogen-bond acceptors (Lipinski definition) is 4. The molecule has 0 amide bonds. The highest BCUT2D eigenvalue weighted by Crippen LogP contribution is 2.40. The van der Waals surface area contributed by atoms with Crippen LogP contribution in [-0.4, -0.2) is 15.5 Å². The zero-order valence-electron chi connectivity index (χ0n) is 13.0. The van der Waals surface area contributed by atoms with Gasteiger partial charge < -0.3 is 5.73 Å². The lowest BCUT2D eigenvalue weighted by molar-refractivity contribution is -0.137. The molecule has 2 N–H and O–H groups in total. The summed E-state index contributed by atoms with van der Waals surface area (Å²) in [4.78, 5) is 0.461. The zero-order valence-corrected chi connectivity index (χ0v) is 15.3. The number of halogens is 5. The minimum Gasteiger partial charge on any atom is -0.383 e. The Hall–Kier alpha value is -1.56. The summed E-state index contributed by atoms with van der Waals surface area (Å²) in [6, 6.07) is 3.43. The Balaban J connectivity index is 2.54. The van der Waals surface area contributed by atoms with Gasteiger partial charge in [0.15, 0.2) is 5.69 Å². The van der Waals surface area contributed by atoms with Crippen molar-refractivity contribution in [3.63, 3.8) is 0 Å². The third-order valence-corrected chi connectivity index (χ3v) is 5.04. The molecule has 0 aliphatic carbocycles. The Kier molecular flexibility index (Phi) is 6.14. The van der Waals surface area contributed by atoms with Crippen LogP contribution >= 0.6 is 35.0 Å². The van der Waals surface area contributed by atoms with Crippen molar-refractivity contribution in [1.82, 2.24) is 9.78 Å². The summed E-state index contributed by atoms with van der Waals surface area (Å²) in [6.45, 7) is 2.03. The fourth-order valence-corrected chi connectivity index (χ4v) is 3.79. The number of alkyl halides is 3. The van der Waals surface area contributed by atoms with Gasteiger partial charge in [0.05, 0.1) is 20.5 Å². The van der Waals surface area contributed by atoms with E-state index in [-0.39, 0.29) is 27.2 Å². The van der Waals surface area contributed by atoms with Crippen molar-refractivity contribution >= 4 is 40.8 Å². The van der Waals surface area contributed by atoms with E-state index in [1.54, 1.807) is 0 Å². The van der Waals surface area contributed by atoms with E-state index in [1.807, 2.05) is 13.0 Å². The van der Waals surface area contributed by atoms with Crippen molar-refractivity contribution < 1.29 is 13.2 Å². The zero-order chi connectivity index (χ0) is 18.8. The molecule has 0 unspecified atom stereocenters. The highest BCUT2D eigenvalue weighted by molar-refractivity contribution is 7.99. The second kappa shape index (κ2) is 7.77. The van der Waals surface area contributed by atoms with E-state index in [0.29, 0.717) is 4.90 Å². The molecule has 0 atom stereocenters. The quantitative estimate of drug-likeness (QED) is 0.520. The summed E-state index contributed by atoms with van der Waals surface area (Å²) in [5.74, 6) is 0.844. The number of rotatable bonds is 5. The molecule has 0 fully saturated rings. The predicted octanol–water partition coefficient (Wildman–Crippen LogP) is 5.54. The Morgan fingerprint density at radius 1 is 1.32 bits per heavy atom. The minimum atomic E-state index is -4.58. The van der Waals surface area contributed by atoms with Gasteiger partial charge in [-0.2, -0.15) is 23.5 Å². The van der Waals surface area contributed by atoms with Crippen LogP contribution in [0.4, 0.5) is 19.0 Å². The molecule has 25 heavy (non-hydrogen) atoms. The van der Waals surface area contributed by atoms with Gasteiger partial charge >= 0.3 is 6.18 Å². The molecular formula is C15H13Cl2F3N4S. The molecular weight excluding hydrogens is 396 g/mol. The van der Waals surface area contributed by atoms with Crippen LogP contribution in [0.15, 0.2) is 17.0 Å². The monoisotopic (exact) mass is 408 g/mol. The lowest BCUT2D eigenvalue weighted by Gasteiger charge is -2.13. The highest BCUT2D eigenvalue weighted by Gasteiger charge is 2.32. The first-order chi connectivity index (χ1) is 11.7. The van der Waals surface area contributed by atoms with Gasteiger partial charge in [0.25, 0.3) is 0 Å². The van der Waals surface area contributed by atoms with Gasteiger partial charge in [-0.05, 0) is 24.3 Å². The van der Waals surface area contributed by atoms with Crippen molar-refractivity contribution in [2.45, 2.75) is 30.8 Å². The van der Waals surface area contributed by atoms with Crippen LogP contribution in [-0.2, 0) is 6.18 Å². The maximum Gasteiger partial charge on any atom is 0.416 e. The van der Waals surface area contributed by atoms with Crippen LogP contribution in [0.1, 0.15) is 31.0 Å². The lowest BCUT2D eigenvalue weighted by Crippen LogP contribution is -2.08. The second-order valence-corrected chi connectivity index (χ2v) is 6.99. The first kappa shape index (κ1) is 19.8. The topological polar surface area (TPSA) is 67.6 Å². The van der Waals surface area contributed by atoms with E-state index in [4.69, 9.17) is 28.9 Å². The summed E-state index contributed by atoms with van der Waals surface area (Å²) in [7, 11) is 0. The molecule has 10 heteroatoms. The van der Waals surface area contributed by atoms with Gasteiger partial charge in [0.1, 0.15) is 17.6 Å². The number of aromatic nitrogens is 2. The maximum absolute atomic E-state index is 12.8. The number of unbranched alkanes of at least 4 members (excludes halogenated alkanes) is 1. The molecule has 0 saturated carbocycles. The third-order valence-electron chi connectivity index (χ3n) is 3.28. The van der Waals surface area contributed by atoms with E-state index < -0.39 is 11.7 Å². The molecule has 0 bridgehead atoms. The van der Waals surface area contributed by atoms with Crippen LogP contribution in [0.3, 0.4) is 0 Å². The standard InChI is InChI=1S/C15H13Cl2F3N4S/c1-2-3-4-25-13-11(7-21)23-24(14(13)22)12-9(16)5-8(6-10(12)17)15(18,19)20/h5-6H,2-4,22H2,1H3. The SMILES string of the molecule is CCCCSc1c(C#N)nn(-c2c(Cl)cc(C(F)(F)F)cc2Cl)c1N. The van der Waals surface area contributed by atoms with Gasteiger partial charge in [0.2, 0.25) is 0 Å². The Morgan fingerprint density at radius 2 is 1.92 bits per heavy atom. The number of benzene rings is 1. The highest BCUT2D eigenvalue weighted by atomic mass is 35.5. The first-order valence-corrected chi connectivity index (χ1v) is 8.92. The van der Waals surface area contributed by atoms with E-state index in [9.17, 15) is 18.4 Å². The molecule has 1 aromatic carbocycles. The largest absolute Gasteiger partial charge is 0.416 e. The molecule has 0 radical (unpaired) electrons. The van der Waals surface area contributed by atoms with E-state index >= 15 is 0 Å². The number of nitrogens with two attached hydrogens (primary N) is 1. The number of thioether (sulfide) groups is 1. The van der Waals surface area contributed by atoms with Crippen LogP contribution < -0.4 is 5.73 Å². The minimum absolute atomic E-state index is 0.00711. The van der Waals surface area contributed by atoms with Gasteiger partial charge in [-0.1, -0.05) is 36.5 Å². The van der Waals surface area contributed by atoms with E-state index in [0.717, 1.165) is 35.4 Å². The normalized spacial score (nSPS) is 11.6. The summed E-state index contributed by atoms with van der Waals surface area (Å²) < 4.78 is 39.6. The molecule has 2 rings (SSSR count). The molecule has 4 nitrogen and oxygen atoms in total. The molecule has 0 aliphatic rings. The molecule has 1 heterocycles. The molecule has 0 aliphatic heterocycles. The van der Waals surface area contributed by atoms with E-state index in [1.165, 1.54) is 11.8 Å². The van der Waals surface area contributed by atoms with Crippen molar-refractivity contribution in [2.24, 2.45) is 0 Å². The Bertz CT molecular complexity index is 804.